The van der Waals surface area contributed by atoms with Gasteiger partial charge in [0.25, 0.3) is 0 Å². The van der Waals surface area contributed by atoms with E-state index < -0.39 is 0 Å². The van der Waals surface area contributed by atoms with Crippen molar-refractivity contribution in [3.05, 3.63) is 28.6 Å². The molecule has 0 aliphatic heterocycles. The second-order valence-electron chi connectivity index (χ2n) is 3.60. The Bertz CT molecular complexity index is 489. The highest BCUT2D eigenvalue weighted by atomic mass is 79.9. The van der Waals surface area contributed by atoms with Crippen LogP contribution in [0.3, 0.4) is 0 Å². The first-order chi connectivity index (χ1) is 8.13. The second kappa shape index (κ2) is 5.13. The molecule has 3 N–H and O–H groups in total. The minimum atomic E-state index is 0.437. The molecule has 0 amide bonds. The van der Waals surface area contributed by atoms with Gasteiger partial charge in [-0.15, -0.1) is 0 Å². The predicted octanol–water partition coefficient (Wildman–Crippen LogP) is 1.21. The summed E-state index contributed by atoms with van der Waals surface area (Å²) in [5, 5.41) is 7.38. The smallest absolute Gasteiger partial charge is 0.225 e. The summed E-state index contributed by atoms with van der Waals surface area (Å²) in [5.74, 6) is 0.958. The van der Waals surface area contributed by atoms with Gasteiger partial charge in [-0.3, -0.25) is 4.68 Å². The van der Waals surface area contributed by atoms with Crippen molar-refractivity contribution < 1.29 is 0 Å². The normalized spacial score (nSPS) is 10.5. The van der Waals surface area contributed by atoms with E-state index in [1.54, 1.807) is 10.7 Å². The number of aryl methyl sites for hydroxylation is 1. The van der Waals surface area contributed by atoms with Gasteiger partial charge in [-0.05, 0) is 22.0 Å². The molecule has 2 rings (SSSR count). The van der Waals surface area contributed by atoms with Crippen LogP contribution >= 0.6 is 15.9 Å². The van der Waals surface area contributed by atoms with Crippen molar-refractivity contribution in [2.45, 2.75) is 6.42 Å². The topological polar surface area (TPSA) is 81.7 Å². The molecule has 17 heavy (non-hydrogen) atoms. The Labute approximate surface area is 107 Å². The molecular weight excluding hydrogens is 284 g/mol. The Morgan fingerprint density at radius 1 is 1.47 bits per heavy atom. The lowest BCUT2D eigenvalue weighted by atomic mass is 10.3. The molecule has 0 spiro atoms. The lowest BCUT2D eigenvalue weighted by molar-refractivity contribution is 0.741. The molecule has 0 aliphatic rings. The van der Waals surface area contributed by atoms with Gasteiger partial charge in [0, 0.05) is 32.3 Å². The molecule has 0 atom stereocenters. The number of rotatable bonds is 4. The molecule has 0 unspecified atom stereocenters. The zero-order valence-electron chi connectivity index (χ0n) is 9.39. The molecule has 0 aromatic carbocycles. The Hall–Kier alpha value is -1.63. The molecule has 0 fully saturated rings. The number of hydrogen-bond acceptors (Lipinski definition) is 5. The van der Waals surface area contributed by atoms with Crippen molar-refractivity contribution in [2.75, 3.05) is 17.6 Å². The van der Waals surface area contributed by atoms with Gasteiger partial charge in [0.15, 0.2) is 0 Å². The first kappa shape index (κ1) is 11.8. The van der Waals surface area contributed by atoms with Crippen LogP contribution in [0.5, 0.6) is 0 Å². The largest absolute Gasteiger partial charge is 0.383 e. The molecule has 0 aliphatic carbocycles. The van der Waals surface area contributed by atoms with Crippen molar-refractivity contribution in [1.29, 1.82) is 0 Å². The number of aromatic nitrogens is 4. The minimum Gasteiger partial charge on any atom is -0.383 e. The van der Waals surface area contributed by atoms with E-state index >= 15 is 0 Å². The number of nitrogens with zero attached hydrogens (tertiary/aromatic N) is 4. The van der Waals surface area contributed by atoms with E-state index in [-0.39, 0.29) is 0 Å². The maximum Gasteiger partial charge on any atom is 0.225 e. The van der Waals surface area contributed by atoms with Crippen LogP contribution in [0, 0.1) is 0 Å². The summed E-state index contributed by atoms with van der Waals surface area (Å²) in [6.07, 6.45) is 2.74. The zero-order chi connectivity index (χ0) is 12.3. The van der Waals surface area contributed by atoms with Crippen LogP contribution in [0.2, 0.25) is 0 Å². The van der Waals surface area contributed by atoms with Crippen LogP contribution in [0.15, 0.2) is 22.9 Å². The van der Waals surface area contributed by atoms with Crippen LogP contribution in [-0.4, -0.2) is 26.3 Å². The highest BCUT2D eigenvalue weighted by Crippen LogP contribution is 2.12. The summed E-state index contributed by atoms with van der Waals surface area (Å²) in [6, 6.07) is 3.64. The van der Waals surface area contributed by atoms with E-state index in [0.29, 0.717) is 22.9 Å². The average molecular weight is 297 g/mol. The summed E-state index contributed by atoms with van der Waals surface area (Å²) in [4.78, 5) is 8.23. The van der Waals surface area contributed by atoms with Gasteiger partial charge in [0.05, 0.1) is 5.69 Å². The van der Waals surface area contributed by atoms with Crippen LogP contribution in [0.1, 0.15) is 5.69 Å². The monoisotopic (exact) mass is 296 g/mol. The quantitative estimate of drug-likeness (QED) is 0.829. The molecule has 2 aromatic rings. The number of anilines is 2. The van der Waals surface area contributed by atoms with E-state index in [4.69, 9.17) is 5.73 Å². The molecule has 0 saturated heterocycles. The minimum absolute atomic E-state index is 0.437. The fourth-order valence-electron chi connectivity index (χ4n) is 1.41. The average Bonchev–Trinajstić information content (AvgIpc) is 2.63. The third-order valence-corrected chi connectivity index (χ3v) is 2.55. The number of nitrogens with one attached hydrogen (secondary N) is 1. The highest BCUT2D eigenvalue weighted by molar-refractivity contribution is 9.10. The van der Waals surface area contributed by atoms with Gasteiger partial charge in [-0.25, -0.2) is 4.98 Å². The van der Waals surface area contributed by atoms with Crippen LogP contribution in [0.25, 0.3) is 0 Å². The van der Waals surface area contributed by atoms with Crippen molar-refractivity contribution in [3.63, 3.8) is 0 Å². The summed E-state index contributed by atoms with van der Waals surface area (Å²) >= 11 is 3.27. The summed E-state index contributed by atoms with van der Waals surface area (Å²) < 4.78 is 2.45. The van der Waals surface area contributed by atoms with E-state index in [2.05, 4.69) is 36.3 Å². The zero-order valence-corrected chi connectivity index (χ0v) is 11.0. The lowest BCUT2D eigenvalue weighted by Gasteiger charge is -2.04. The first-order valence-corrected chi connectivity index (χ1v) is 5.95. The summed E-state index contributed by atoms with van der Waals surface area (Å²) in [6.45, 7) is 0.715. The van der Waals surface area contributed by atoms with Gasteiger partial charge in [0.1, 0.15) is 10.4 Å². The Morgan fingerprint density at radius 2 is 2.29 bits per heavy atom. The van der Waals surface area contributed by atoms with E-state index in [1.165, 1.54) is 0 Å². The molecule has 2 heterocycles. The molecular formula is C10H13BrN6. The maximum absolute atomic E-state index is 5.61. The third kappa shape index (κ3) is 3.42. The third-order valence-electron chi connectivity index (χ3n) is 2.15. The lowest BCUT2D eigenvalue weighted by Crippen LogP contribution is -2.09. The molecule has 0 saturated carbocycles. The van der Waals surface area contributed by atoms with Crippen LogP contribution in [0.4, 0.5) is 11.8 Å². The number of nitrogens with two attached hydrogens (primary N) is 1. The van der Waals surface area contributed by atoms with Crippen molar-refractivity contribution in [3.8, 4) is 0 Å². The predicted molar refractivity (Wildman–Crippen MR) is 69.5 cm³/mol. The van der Waals surface area contributed by atoms with Gasteiger partial charge in [-0.2, -0.15) is 10.1 Å². The Morgan fingerprint density at radius 3 is 2.94 bits per heavy atom. The van der Waals surface area contributed by atoms with Gasteiger partial charge >= 0.3 is 0 Å². The molecule has 2 aromatic heterocycles. The molecule has 0 bridgehead atoms. The summed E-state index contributed by atoms with van der Waals surface area (Å²) in [7, 11) is 1.90. The molecule has 90 valence electrons. The van der Waals surface area contributed by atoms with Crippen molar-refractivity contribution >= 4 is 27.7 Å². The van der Waals surface area contributed by atoms with Gasteiger partial charge < -0.3 is 11.1 Å². The highest BCUT2D eigenvalue weighted by Gasteiger charge is 2.01. The molecule has 0 radical (unpaired) electrons. The van der Waals surface area contributed by atoms with E-state index in [9.17, 15) is 0 Å². The maximum atomic E-state index is 5.61. The SMILES string of the molecule is Cn1ccc(CCNc2nc(N)cc(Br)n2)n1. The fraction of sp³-hybridized carbons (Fsp3) is 0.300. The molecule has 7 heteroatoms. The van der Waals surface area contributed by atoms with Crippen molar-refractivity contribution in [2.24, 2.45) is 7.05 Å². The van der Waals surface area contributed by atoms with Crippen LogP contribution in [-0.2, 0) is 13.5 Å². The number of halogens is 1. The van der Waals surface area contributed by atoms with Crippen LogP contribution < -0.4 is 11.1 Å². The fourth-order valence-corrected chi connectivity index (χ4v) is 1.82. The molecule has 6 nitrogen and oxygen atoms in total. The van der Waals surface area contributed by atoms with E-state index in [0.717, 1.165) is 12.1 Å². The van der Waals surface area contributed by atoms with Crippen molar-refractivity contribution in [1.82, 2.24) is 19.7 Å². The Balaban J connectivity index is 1.89. The van der Waals surface area contributed by atoms with E-state index in [1.807, 2.05) is 19.3 Å². The first-order valence-electron chi connectivity index (χ1n) is 5.16. The number of hydrogen-bond donors (Lipinski definition) is 2. The Kier molecular flexibility index (Phi) is 3.58. The summed E-state index contributed by atoms with van der Waals surface area (Å²) in [5.41, 5.74) is 6.64. The second-order valence-corrected chi connectivity index (χ2v) is 4.41. The standard InChI is InChI=1S/C10H13BrN6/c1-17-5-3-7(16-17)2-4-13-10-14-8(11)6-9(12)15-10/h3,5-6H,2,4H2,1H3,(H3,12,13,14,15). The number of nitrogen functional groups attached to an aromatic ring is 1. The van der Waals surface area contributed by atoms with Gasteiger partial charge in [-0.1, -0.05) is 0 Å². The van der Waals surface area contributed by atoms with Gasteiger partial charge in [0.2, 0.25) is 5.95 Å².